The monoisotopic (exact) mass is 238 g/mol. The average molecular weight is 238 g/mol. The standard InChI is InChI=1S/C12H18N2O3/c1-9-7-14(5-4-13-9)8-11-10(3-6-17-11)12(15)16-2/h3,6,9,13H,4-5,7-8H2,1-2H3/t9-/m0/s1. The molecule has 1 aliphatic heterocycles. The van der Waals surface area contributed by atoms with E-state index >= 15 is 0 Å². The quantitative estimate of drug-likeness (QED) is 0.791. The summed E-state index contributed by atoms with van der Waals surface area (Å²) in [4.78, 5) is 13.8. The fraction of sp³-hybridized carbons (Fsp3) is 0.583. The van der Waals surface area contributed by atoms with Gasteiger partial charge < -0.3 is 14.5 Å². The number of furan rings is 1. The summed E-state index contributed by atoms with van der Waals surface area (Å²) < 4.78 is 10.1. The van der Waals surface area contributed by atoms with Crippen LogP contribution in [0, 0.1) is 0 Å². The molecule has 2 heterocycles. The molecule has 0 aromatic carbocycles. The second-order valence-electron chi connectivity index (χ2n) is 4.34. The van der Waals surface area contributed by atoms with Gasteiger partial charge in [0.15, 0.2) is 0 Å². The van der Waals surface area contributed by atoms with E-state index in [4.69, 9.17) is 9.15 Å². The molecule has 1 aromatic rings. The summed E-state index contributed by atoms with van der Waals surface area (Å²) in [5, 5.41) is 3.38. The smallest absolute Gasteiger partial charge is 0.341 e. The van der Waals surface area contributed by atoms with Crippen LogP contribution in [-0.4, -0.2) is 43.7 Å². The minimum Gasteiger partial charge on any atom is -0.467 e. The average Bonchev–Trinajstić information content (AvgIpc) is 2.76. The summed E-state index contributed by atoms with van der Waals surface area (Å²) in [6.45, 7) is 5.70. The molecule has 0 radical (unpaired) electrons. The highest BCUT2D eigenvalue weighted by Gasteiger charge is 2.21. The third kappa shape index (κ3) is 2.87. The van der Waals surface area contributed by atoms with Crippen LogP contribution in [-0.2, 0) is 11.3 Å². The van der Waals surface area contributed by atoms with Gasteiger partial charge in [-0.1, -0.05) is 0 Å². The number of nitrogens with zero attached hydrogens (tertiary/aromatic N) is 1. The number of hydrogen-bond acceptors (Lipinski definition) is 5. The predicted octanol–water partition coefficient (Wildman–Crippen LogP) is 0.860. The van der Waals surface area contributed by atoms with Crippen LogP contribution in [0.25, 0.3) is 0 Å². The highest BCUT2D eigenvalue weighted by atomic mass is 16.5. The maximum atomic E-state index is 11.5. The van der Waals surface area contributed by atoms with Gasteiger partial charge in [0.25, 0.3) is 0 Å². The molecule has 0 unspecified atom stereocenters. The van der Waals surface area contributed by atoms with Crippen molar-refractivity contribution in [1.29, 1.82) is 0 Å². The SMILES string of the molecule is COC(=O)c1ccoc1CN1CCN[C@@H](C)C1. The van der Waals surface area contributed by atoms with E-state index in [-0.39, 0.29) is 5.97 Å². The van der Waals surface area contributed by atoms with Gasteiger partial charge in [0.1, 0.15) is 11.3 Å². The van der Waals surface area contributed by atoms with E-state index in [1.54, 1.807) is 6.07 Å². The van der Waals surface area contributed by atoms with Gasteiger partial charge >= 0.3 is 5.97 Å². The normalized spacial score (nSPS) is 21.4. The molecule has 1 aliphatic rings. The van der Waals surface area contributed by atoms with Crippen LogP contribution in [0.4, 0.5) is 0 Å². The Bertz CT molecular complexity index is 389. The van der Waals surface area contributed by atoms with Crippen LogP contribution < -0.4 is 5.32 Å². The first kappa shape index (κ1) is 12.1. The number of esters is 1. The number of nitrogens with one attached hydrogen (secondary N) is 1. The molecule has 94 valence electrons. The van der Waals surface area contributed by atoms with Gasteiger partial charge in [-0.2, -0.15) is 0 Å². The Balaban J connectivity index is 2.03. The van der Waals surface area contributed by atoms with E-state index in [9.17, 15) is 4.79 Å². The molecule has 2 rings (SSSR count). The van der Waals surface area contributed by atoms with E-state index in [1.165, 1.54) is 13.4 Å². The molecule has 0 amide bonds. The lowest BCUT2D eigenvalue weighted by Gasteiger charge is -2.31. The lowest BCUT2D eigenvalue weighted by Crippen LogP contribution is -2.48. The van der Waals surface area contributed by atoms with Gasteiger partial charge in [-0.3, -0.25) is 4.90 Å². The minimum absolute atomic E-state index is 0.336. The first-order chi connectivity index (χ1) is 8.20. The third-order valence-electron chi connectivity index (χ3n) is 2.97. The lowest BCUT2D eigenvalue weighted by atomic mass is 10.2. The molecule has 1 N–H and O–H groups in total. The molecule has 1 saturated heterocycles. The zero-order chi connectivity index (χ0) is 12.3. The minimum atomic E-state index is -0.336. The second-order valence-corrected chi connectivity index (χ2v) is 4.34. The second kappa shape index (κ2) is 5.33. The Hall–Kier alpha value is -1.33. The molecule has 1 fully saturated rings. The first-order valence-corrected chi connectivity index (χ1v) is 5.81. The zero-order valence-corrected chi connectivity index (χ0v) is 10.2. The molecule has 5 heteroatoms. The van der Waals surface area contributed by atoms with Crippen LogP contribution in [0.3, 0.4) is 0 Å². The van der Waals surface area contributed by atoms with Gasteiger partial charge in [-0.25, -0.2) is 4.79 Å². The molecular formula is C12H18N2O3. The van der Waals surface area contributed by atoms with Gasteiger partial charge in [0.2, 0.25) is 0 Å². The van der Waals surface area contributed by atoms with Crippen molar-refractivity contribution in [3.05, 3.63) is 23.7 Å². The number of carbonyl (C=O) groups is 1. The number of piperazine rings is 1. The number of methoxy groups -OCH3 is 1. The zero-order valence-electron chi connectivity index (χ0n) is 10.2. The maximum Gasteiger partial charge on any atom is 0.341 e. The maximum absolute atomic E-state index is 11.5. The van der Waals surface area contributed by atoms with Crippen molar-refractivity contribution >= 4 is 5.97 Å². The predicted molar refractivity (Wildman–Crippen MR) is 62.8 cm³/mol. The number of carbonyl (C=O) groups excluding carboxylic acids is 1. The molecule has 0 saturated carbocycles. The lowest BCUT2D eigenvalue weighted by molar-refractivity contribution is 0.0595. The summed E-state index contributed by atoms with van der Waals surface area (Å²) in [7, 11) is 1.38. The van der Waals surface area contributed by atoms with Crippen molar-refractivity contribution in [1.82, 2.24) is 10.2 Å². The van der Waals surface area contributed by atoms with E-state index < -0.39 is 0 Å². The summed E-state index contributed by atoms with van der Waals surface area (Å²) in [6.07, 6.45) is 1.53. The molecular weight excluding hydrogens is 220 g/mol. The van der Waals surface area contributed by atoms with Gasteiger partial charge in [0, 0.05) is 25.7 Å². The van der Waals surface area contributed by atoms with Gasteiger partial charge in [-0.15, -0.1) is 0 Å². The van der Waals surface area contributed by atoms with Gasteiger partial charge in [-0.05, 0) is 13.0 Å². The molecule has 5 nitrogen and oxygen atoms in total. The van der Waals surface area contributed by atoms with Crippen LogP contribution in [0.5, 0.6) is 0 Å². The van der Waals surface area contributed by atoms with Crippen molar-refractivity contribution in [2.75, 3.05) is 26.7 Å². The van der Waals surface area contributed by atoms with E-state index in [0.717, 1.165) is 19.6 Å². The van der Waals surface area contributed by atoms with Crippen molar-refractivity contribution < 1.29 is 13.9 Å². The Labute approximate surface area is 101 Å². The Morgan fingerprint density at radius 1 is 1.71 bits per heavy atom. The number of ether oxygens (including phenoxy) is 1. The molecule has 0 aliphatic carbocycles. The molecule has 1 atom stereocenters. The fourth-order valence-corrected chi connectivity index (χ4v) is 2.11. The fourth-order valence-electron chi connectivity index (χ4n) is 2.11. The first-order valence-electron chi connectivity index (χ1n) is 5.81. The third-order valence-corrected chi connectivity index (χ3v) is 2.97. The van der Waals surface area contributed by atoms with E-state index in [0.29, 0.717) is 23.9 Å². The number of hydrogen-bond donors (Lipinski definition) is 1. The van der Waals surface area contributed by atoms with Crippen molar-refractivity contribution in [3.8, 4) is 0 Å². The Morgan fingerprint density at radius 3 is 3.24 bits per heavy atom. The summed E-state index contributed by atoms with van der Waals surface area (Å²) >= 11 is 0. The molecule has 0 bridgehead atoms. The van der Waals surface area contributed by atoms with Gasteiger partial charge in [0.05, 0.1) is 19.9 Å². The Kier molecular flexibility index (Phi) is 3.81. The number of rotatable bonds is 3. The van der Waals surface area contributed by atoms with Crippen molar-refractivity contribution in [2.45, 2.75) is 19.5 Å². The van der Waals surface area contributed by atoms with E-state index in [1.807, 2.05) is 0 Å². The van der Waals surface area contributed by atoms with Crippen LogP contribution in [0.15, 0.2) is 16.7 Å². The van der Waals surface area contributed by atoms with Crippen LogP contribution >= 0.6 is 0 Å². The highest BCUT2D eigenvalue weighted by molar-refractivity contribution is 5.90. The molecule has 1 aromatic heterocycles. The molecule has 17 heavy (non-hydrogen) atoms. The van der Waals surface area contributed by atoms with E-state index in [2.05, 4.69) is 17.1 Å². The van der Waals surface area contributed by atoms with Crippen LogP contribution in [0.1, 0.15) is 23.0 Å². The molecule has 0 spiro atoms. The van der Waals surface area contributed by atoms with Crippen molar-refractivity contribution in [2.24, 2.45) is 0 Å². The largest absolute Gasteiger partial charge is 0.467 e. The summed E-state index contributed by atoms with van der Waals surface area (Å²) in [5.41, 5.74) is 0.527. The highest BCUT2D eigenvalue weighted by Crippen LogP contribution is 2.15. The summed E-state index contributed by atoms with van der Waals surface area (Å²) in [5.74, 6) is 0.350. The summed E-state index contributed by atoms with van der Waals surface area (Å²) in [6, 6.07) is 2.13. The van der Waals surface area contributed by atoms with Crippen LogP contribution in [0.2, 0.25) is 0 Å². The topological polar surface area (TPSA) is 54.7 Å². The Morgan fingerprint density at radius 2 is 2.53 bits per heavy atom. The van der Waals surface area contributed by atoms with Crippen molar-refractivity contribution in [3.63, 3.8) is 0 Å².